The van der Waals surface area contributed by atoms with E-state index in [9.17, 15) is 57.8 Å². The summed E-state index contributed by atoms with van der Waals surface area (Å²) in [5, 5.41) is 49.5. The fraction of sp³-hybridized carbons (Fsp3) is 0.467. The van der Waals surface area contributed by atoms with Crippen molar-refractivity contribution in [3.8, 4) is 0 Å². The zero-order chi connectivity index (χ0) is 98.3. The number of nitrogens with zero attached hydrogens (tertiary/aromatic N) is 6. The Morgan fingerprint density at radius 3 is 1.65 bits per heavy atom. The number of carbonyl (C=O) groups excluding carboxylic acids is 17. The average Bonchev–Trinajstić information content (AvgIpc) is 1.79. The summed E-state index contributed by atoms with van der Waals surface area (Å²) in [4.78, 5) is 268. The average molecular weight is 1890 g/mol. The van der Waals surface area contributed by atoms with Gasteiger partial charge >= 0.3 is 0 Å². The topological polar surface area (TPSA) is 621 Å². The molecule has 42 nitrogen and oxygen atoms in total. The van der Waals surface area contributed by atoms with Crippen LogP contribution in [0.4, 0.5) is 0 Å². The maximum absolute atomic E-state index is 15.8. The minimum absolute atomic E-state index is 0.0115. The third-order valence-electron chi connectivity index (χ3n) is 23.6. The number of imidazole rings is 1. The number of H-pyrrole nitrogens is 3. The first-order valence-electron chi connectivity index (χ1n) is 44.8. The summed E-state index contributed by atoms with van der Waals surface area (Å²) in [5.41, 5.74) is 20.6. The molecule has 17 amide bonds. The lowest BCUT2D eigenvalue weighted by Crippen LogP contribution is -2.61. The summed E-state index contributed by atoms with van der Waals surface area (Å²) in [7, 11) is 5.22. The van der Waals surface area contributed by atoms with Crippen molar-refractivity contribution < 1.29 is 86.6 Å². The summed E-state index contributed by atoms with van der Waals surface area (Å²) in [6.07, 6.45) is 4.79. The Morgan fingerprint density at radius 2 is 1.06 bits per heavy atom. The second-order valence-corrected chi connectivity index (χ2v) is 35.2. The molecule has 2 aliphatic rings. The van der Waals surface area contributed by atoms with E-state index in [1.165, 1.54) is 47.6 Å². The van der Waals surface area contributed by atoms with Gasteiger partial charge in [0.25, 0.3) is 0 Å². The van der Waals surface area contributed by atoms with E-state index >= 15 is 28.8 Å². The minimum Gasteiger partial charge on any atom is -0.394 e. The summed E-state index contributed by atoms with van der Waals surface area (Å²) < 4.78 is 0. The van der Waals surface area contributed by atoms with Gasteiger partial charge in [0.1, 0.15) is 78.5 Å². The first-order valence-corrected chi connectivity index (χ1v) is 45.9. The Balaban J connectivity index is 1.10. The molecule has 726 valence electrons. The number of rotatable bonds is 25. The van der Waals surface area contributed by atoms with Crippen molar-refractivity contribution in [1.82, 2.24) is 103 Å². The maximum atomic E-state index is 15.8. The van der Waals surface area contributed by atoms with E-state index < -0.39 is 223 Å². The van der Waals surface area contributed by atoms with Crippen molar-refractivity contribution in [2.24, 2.45) is 23.1 Å². The van der Waals surface area contributed by atoms with E-state index in [1.54, 1.807) is 135 Å². The van der Waals surface area contributed by atoms with Crippen molar-refractivity contribution in [2.75, 3.05) is 72.5 Å². The highest BCUT2D eigenvalue weighted by atomic mass is 32.2. The standard InChI is InChI=1S/C92H124N24O18S/c1-9-10-32-73-91(134)115(8)74(38-55-25-15-12-16-26-55)86(129)105-63(31-21-34-98-92(95)96)81(124)111-71(80(123)101-46-76(94)119)49-135-50-78(121)104-67(37-54-23-13-11-14-24-54)88(131)113(6)53(4)79(122)107-69(42-75(93)118)90(133)116-35-22-33-72(116)85(128)106-65(41-58-45-97-51-102-58)83(126)108-66(36-52(2)3)87(130)112(5)47-77(120)103-64(39-56-43-99-61-29-19-17-27-59(56)61)82(125)110-70(48-117)84(127)109-68(89(132)114(73)7)40-57-44-100-62-30-20-18-28-60(57)62/h11-20,23-30,43-45,51-53,63-74,99-100,117H,9-10,21-22,31-42,46-50H2,1-8H3,(H2,93,118)(H2,94,119)(H,97,102)(H,101,123)(H,103,120)(H,104,121)(H,105,129)(H,106,128)(H,107,122)(H,108,126)(H,109,127)(H,110,125)(H,111,124)(H4,95,96,98)/t53-,63-,64-,65-,66-,67-,68-,69-,70-,71-,72-,73-,74-/m0/s1. The van der Waals surface area contributed by atoms with Crippen LogP contribution in [0.3, 0.4) is 0 Å². The van der Waals surface area contributed by atoms with Crippen LogP contribution in [0.5, 0.6) is 0 Å². The van der Waals surface area contributed by atoms with E-state index in [0.717, 1.165) is 36.3 Å². The number of aliphatic hydroxyl groups is 1. The summed E-state index contributed by atoms with van der Waals surface area (Å²) in [6, 6.07) is 11.0. The van der Waals surface area contributed by atoms with Gasteiger partial charge in [-0.05, 0) is 85.8 Å². The number of fused-ring (bicyclic) bond motifs is 3. The Kier molecular flexibility index (Phi) is 39.1. The van der Waals surface area contributed by atoms with Crippen molar-refractivity contribution in [3.05, 3.63) is 162 Å². The van der Waals surface area contributed by atoms with Crippen molar-refractivity contribution in [1.29, 1.82) is 5.41 Å². The Hall–Kier alpha value is -14.3. The number of aromatic nitrogens is 4. The molecule has 2 saturated heterocycles. The highest BCUT2D eigenvalue weighted by Crippen LogP contribution is 2.26. The van der Waals surface area contributed by atoms with E-state index in [0.29, 0.717) is 62.6 Å². The number of thioether (sulfide) groups is 1. The first kappa shape index (κ1) is 104. The zero-order valence-electron chi connectivity index (χ0n) is 76.8. The second kappa shape index (κ2) is 50.6. The van der Waals surface area contributed by atoms with E-state index in [-0.39, 0.29) is 89.6 Å². The van der Waals surface area contributed by atoms with Crippen molar-refractivity contribution in [2.45, 2.75) is 196 Å². The molecule has 7 aromatic rings. The van der Waals surface area contributed by atoms with Gasteiger partial charge in [-0.25, -0.2) is 4.98 Å². The SMILES string of the molecule is CCCC[C@H]1C(=O)N(C)[C@@H](Cc2ccccc2)C(=O)N[C@@H](CCCNC(=N)N)C(=O)N[C@H](C(=O)NCC(N)=O)CSCC(=O)N[C@@H](Cc2ccccc2)C(=O)N(C)[C@@H](C)C(=O)N[C@@H](CC(N)=O)C(=O)N2CCC[C@H]2C(=O)N[C@@H](Cc2cnc[nH]2)C(=O)N[C@@H](CC(C)C)C(=O)N(C)CC(=O)N[C@@H](Cc2c[nH]c3ccccc23)C(=O)N[C@@H](CO)C(=O)N[C@@H](Cc2c[nH]c3ccccc23)C(=O)N1C. The molecule has 4 aromatic carbocycles. The molecule has 0 bridgehead atoms. The number of aromatic amines is 3. The lowest BCUT2D eigenvalue weighted by molar-refractivity contribution is -0.149. The Morgan fingerprint density at radius 1 is 0.526 bits per heavy atom. The number of nitrogens with one attached hydrogen (secondary N) is 15. The van der Waals surface area contributed by atoms with Crippen LogP contribution in [0.1, 0.15) is 113 Å². The van der Waals surface area contributed by atoms with Gasteiger partial charge in [-0.15, -0.1) is 11.8 Å². The number of hydrogen-bond donors (Lipinski definition) is 19. The number of primary amides is 2. The first-order chi connectivity index (χ1) is 64.4. The van der Waals surface area contributed by atoms with Gasteiger partial charge in [-0.1, -0.05) is 131 Å². The van der Waals surface area contributed by atoms with Crippen LogP contribution in [0, 0.1) is 11.3 Å². The molecular weight excluding hydrogens is 1760 g/mol. The number of para-hydroxylation sites is 2. The van der Waals surface area contributed by atoms with E-state index in [1.807, 2.05) is 6.92 Å². The fourth-order valence-electron chi connectivity index (χ4n) is 16.1. The zero-order valence-corrected chi connectivity index (χ0v) is 77.7. The number of nitrogens with two attached hydrogens (primary N) is 3. The summed E-state index contributed by atoms with van der Waals surface area (Å²) in [5.74, 6) is -17.4. The highest BCUT2D eigenvalue weighted by Gasteiger charge is 2.44. The molecular formula is C92H124N24O18S. The molecule has 0 saturated carbocycles. The molecule has 135 heavy (non-hydrogen) atoms. The lowest BCUT2D eigenvalue weighted by Gasteiger charge is -2.36. The quantitative estimate of drug-likeness (QED) is 0.0166. The molecule has 0 aliphatic carbocycles. The lowest BCUT2D eigenvalue weighted by atomic mass is 9.99. The van der Waals surface area contributed by atoms with Crippen LogP contribution >= 0.6 is 11.8 Å². The monoisotopic (exact) mass is 1880 g/mol. The largest absolute Gasteiger partial charge is 0.394 e. The molecule has 0 unspecified atom stereocenters. The van der Waals surface area contributed by atoms with Crippen LogP contribution in [0.15, 0.2) is 134 Å². The maximum Gasteiger partial charge on any atom is 0.246 e. The van der Waals surface area contributed by atoms with Gasteiger partial charge in [0.2, 0.25) is 100 Å². The highest BCUT2D eigenvalue weighted by molar-refractivity contribution is 8.00. The second-order valence-electron chi connectivity index (χ2n) is 34.2. The number of unbranched alkanes of at least 4 members (excludes halogenated alkanes) is 1. The number of hydrogen-bond acceptors (Lipinski definition) is 21. The van der Waals surface area contributed by atoms with Gasteiger partial charge in [0.05, 0.1) is 38.2 Å². The van der Waals surface area contributed by atoms with Crippen LogP contribution in [-0.2, 0) is 114 Å². The normalized spacial score (nSPS) is 23.2. The van der Waals surface area contributed by atoms with E-state index in [4.69, 9.17) is 22.6 Å². The summed E-state index contributed by atoms with van der Waals surface area (Å²) in [6.45, 7) is 4.03. The van der Waals surface area contributed by atoms with Gasteiger partial charge < -0.3 is 120 Å². The molecule has 22 N–H and O–H groups in total. The van der Waals surface area contributed by atoms with Crippen LogP contribution in [0.25, 0.3) is 21.8 Å². The van der Waals surface area contributed by atoms with Crippen molar-refractivity contribution in [3.63, 3.8) is 0 Å². The van der Waals surface area contributed by atoms with Crippen LogP contribution in [0.2, 0.25) is 0 Å². The van der Waals surface area contributed by atoms with Gasteiger partial charge in [-0.3, -0.25) is 86.9 Å². The van der Waals surface area contributed by atoms with Crippen LogP contribution < -0.4 is 75.7 Å². The number of likely N-dealkylation sites (N-methyl/N-ethyl adjacent to an activating group) is 4. The van der Waals surface area contributed by atoms with E-state index in [2.05, 4.69) is 78.4 Å². The minimum atomic E-state index is -1.86. The summed E-state index contributed by atoms with van der Waals surface area (Å²) >= 11 is 0.787. The third-order valence-corrected chi connectivity index (χ3v) is 24.6. The Bertz CT molecular complexity index is 5350. The fourth-order valence-corrected chi connectivity index (χ4v) is 17.0. The molecule has 2 fully saturated rings. The predicted molar refractivity (Wildman–Crippen MR) is 500 cm³/mol. The number of guanidine groups is 1. The molecule has 3 aromatic heterocycles. The van der Waals surface area contributed by atoms with Gasteiger partial charge in [-0.2, -0.15) is 0 Å². The molecule has 43 heteroatoms. The third kappa shape index (κ3) is 30.1. The smallest absolute Gasteiger partial charge is 0.246 e. The molecule has 2 aliphatic heterocycles. The van der Waals surface area contributed by atoms with Crippen LogP contribution in [-0.4, -0.2) is 307 Å². The molecule has 0 radical (unpaired) electrons. The Labute approximate surface area is 784 Å². The van der Waals surface area contributed by atoms with Gasteiger partial charge in [0.15, 0.2) is 5.96 Å². The van der Waals surface area contributed by atoms with Gasteiger partial charge in [0, 0.05) is 125 Å². The van der Waals surface area contributed by atoms with Crippen molar-refractivity contribution >= 4 is 140 Å². The number of benzene rings is 4. The molecule has 0 spiro atoms. The molecule has 5 heterocycles. The number of amides is 17. The predicted octanol–water partition coefficient (Wildman–Crippen LogP) is -2.09. The number of carbonyl (C=O) groups is 17. The number of aliphatic hydroxyl groups excluding tert-OH is 1. The molecule has 9 rings (SSSR count). The molecule has 13 atom stereocenters.